The van der Waals surface area contributed by atoms with Gasteiger partial charge in [-0.1, -0.05) is 6.92 Å². The maximum Gasteiger partial charge on any atom is 0.326 e. The Morgan fingerprint density at radius 2 is 2.10 bits per heavy atom. The molecule has 0 aliphatic carbocycles. The molecule has 7 heteroatoms. The smallest absolute Gasteiger partial charge is 0.326 e. The largest absolute Gasteiger partial charge is 0.480 e. The number of methoxy groups -OCH3 is 1. The standard InChI is InChI=1S/C13H17NO5S/c1-4-9-7(2)5-10(20-9)12(16)14-8(13(17)18)6-11(15)19-3/h5,8H,4,6H2,1-3H3,(H,14,16)(H,17,18)/t8-/m0/s1. The predicted molar refractivity (Wildman–Crippen MR) is 74.0 cm³/mol. The SMILES string of the molecule is CCc1sc(C(=O)N[C@@H](CC(=O)OC)C(=O)O)cc1C. The number of carboxylic acid groups (broad SMARTS) is 1. The normalized spacial score (nSPS) is 11.8. The number of carbonyl (C=O) groups excluding carboxylic acids is 2. The van der Waals surface area contributed by atoms with Gasteiger partial charge in [0, 0.05) is 4.88 Å². The molecule has 0 aliphatic heterocycles. The lowest BCUT2D eigenvalue weighted by Gasteiger charge is -2.12. The van der Waals surface area contributed by atoms with Crippen LogP contribution in [0, 0.1) is 6.92 Å². The molecule has 110 valence electrons. The Morgan fingerprint density at radius 1 is 1.45 bits per heavy atom. The summed E-state index contributed by atoms with van der Waals surface area (Å²) in [7, 11) is 1.17. The number of carbonyl (C=O) groups is 3. The highest BCUT2D eigenvalue weighted by atomic mass is 32.1. The third kappa shape index (κ3) is 4.06. The van der Waals surface area contributed by atoms with Crippen LogP contribution in [-0.4, -0.2) is 36.1 Å². The molecule has 1 heterocycles. The van der Waals surface area contributed by atoms with Crippen molar-refractivity contribution in [1.82, 2.24) is 5.32 Å². The molecule has 0 fully saturated rings. The van der Waals surface area contributed by atoms with Gasteiger partial charge in [0.15, 0.2) is 0 Å². The average molecular weight is 299 g/mol. The van der Waals surface area contributed by atoms with E-state index in [1.54, 1.807) is 6.07 Å². The second-order valence-corrected chi connectivity index (χ2v) is 5.35. The Balaban J connectivity index is 2.79. The van der Waals surface area contributed by atoms with Gasteiger partial charge >= 0.3 is 11.9 Å². The van der Waals surface area contributed by atoms with Gasteiger partial charge in [-0.25, -0.2) is 4.79 Å². The first-order valence-electron chi connectivity index (χ1n) is 6.08. The zero-order chi connectivity index (χ0) is 15.3. The van der Waals surface area contributed by atoms with E-state index in [-0.39, 0.29) is 0 Å². The van der Waals surface area contributed by atoms with Crippen molar-refractivity contribution in [3.63, 3.8) is 0 Å². The maximum absolute atomic E-state index is 12.0. The van der Waals surface area contributed by atoms with E-state index in [2.05, 4.69) is 10.1 Å². The van der Waals surface area contributed by atoms with Crippen LogP contribution in [0.5, 0.6) is 0 Å². The van der Waals surface area contributed by atoms with E-state index < -0.39 is 30.3 Å². The van der Waals surface area contributed by atoms with E-state index >= 15 is 0 Å². The minimum absolute atomic E-state index is 0.400. The summed E-state index contributed by atoms with van der Waals surface area (Å²) in [5, 5.41) is 11.3. The second kappa shape index (κ2) is 7.04. The second-order valence-electron chi connectivity index (χ2n) is 4.21. The monoisotopic (exact) mass is 299 g/mol. The number of aliphatic carboxylic acids is 1. The minimum Gasteiger partial charge on any atom is -0.480 e. The Labute approximate surface area is 120 Å². The average Bonchev–Trinajstić information content (AvgIpc) is 2.78. The van der Waals surface area contributed by atoms with Gasteiger partial charge < -0.3 is 15.2 Å². The molecule has 0 aromatic carbocycles. The number of carboxylic acids is 1. The summed E-state index contributed by atoms with van der Waals surface area (Å²) < 4.78 is 4.41. The van der Waals surface area contributed by atoms with Crippen LogP contribution in [0.25, 0.3) is 0 Å². The van der Waals surface area contributed by atoms with E-state index in [1.807, 2.05) is 13.8 Å². The zero-order valence-electron chi connectivity index (χ0n) is 11.6. The van der Waals surface area contributed by atoms with Crippen molar-refractivity contribution in [2.24, 2.45) is 0 Å². The molecule has 0 bridgehead atoms. The highest BCUT2D eigenvalue weighted by Gasteiger charge is 2.25. The van der Waals surface area contributed by atoms with Crippen LogP contribution in [0.15, 0.2) is 6.07 Å². The van der Waals surface area contributed by atoms with Crippen LogP contribution in [-0.2, 0) is 20.7 Å². The topological polar surface area (TPSA) is 92.7 Å². The lowest BCUT2D eigenvalue weighted by molar-refractivity contribution is -0.147. The predicted octanol–water partition coefficient (Wildman–Crippen LogP) is 1.37. The van der Waals surface area contributed by atoms with Crippen LogP contribution < -0.4 is 5.32 Å². The number of hydrogen-bond donors (Lipinski definition) is 2. The van der Waals surface area contributed by atoms with Gasteiger partial charge in [0.1, 0.15) is 6.04 Å². The number of nitrogens with one attached hydrogen (secondary N) is 1. The number of aryl methyl sites for hydroxylation is 2. The van der Waals surface area contributed by atoms with Crippen LogP contribution in [0.3, 0.4) is 0 Å². The van der Waals surface area contributed by atoms with E-state index in [4.69, 9.17) is 5.11 Å². The fraction of sp³-hybridized carbons (Fsp3) is 0.462. The molecular formula is C13H17NO5S. The summed E-state index contributed by atoms with van der Waals surface area (Å²) >= 11 is 1.32. The van der Waals surface area contributed by atoms with Gasteiger partial charge in [-0.2, -0.15) is 0 Å². The molecule has 6 nitrogen and oxygen atoms in total. The van der Waals surface area contributed by atoms with Crippen molar-refractivity contribution in [3.8, 4) is 0 Å². The lowest BCUT2D eigenvalue weighted by atomic mass is 10.2. The molecule has 0 saturated carbocycles. The molecule has 1 aromatic rings. The Bertz CT molecular complexity index is 523. The van der Waals surface area contributed by atoms with Gasteiger partial charge in [-0.3, -0.25) is 9.59 Å². The molecule has 1 atom stereocenters. The van der Waals surface area contributed by atoms with E-state index in [0.717, 1.165) is 16.9 Å². The molecule has 0 unspecified atom stereocenters. The van der Waals surface area contributed by atoms with Gasteiger partial charge in [0.2, 0.25) is 0 Å². The third-order valence-electron chi connectivity index (χ3n) is 2.77. The number of ether oxygens (including phenoxy) is 1. The maximum atomic E-state index is 12.0. The molecule has 0 spiro atoms. The van der Waals surface area contributed by atoms with Crippen LogP contribution in [0.4, 0.5) is 0 Å². The first-order chi connectivity index (χ1) is 9.38. The van der Waals surface area contributed by atoms with E-state index in [1.165, 1.54) is 18.4 Å². The molecule has 0 saturated heterocycles. The van der Waals surface area contributed by atoms with Crippen LogP contribution in [0.1, 0.15) is 33.5 Å². The van der Waals surface area contributed by atoms with Gasteiger partial charge in [0.05, 0.1) is 18.4 Å². The van der Waals surface area contributed by atoms with Crippen molar-refractivity contribution in [1.29, 1.82) is 0 Å². The molecule has 0 aliphatic rings. The van der Waals surface area contributed by atoms with Crippen molar-refractivity contribution in [2.75, 3.05) is 7.11 Å². The molecule has 20 heavy (non-hydrogen) atoms. The van der Waals surface area contributed by atoms with Gasteiger partial charge in [-0.05, 0) is 25.0 Å². The first-order valence-corrected chi connectivity index (χ1v) is 6.90. The van der Waals surface area contributed by atoms with Gasteiger partial charge in [0.25, 0.3) is 5.91 Å². The number of amides is 1. The molecule has 2 N–H and O–H groups in total. The summed E-state index contributed by atoms with van der Waals surface area (Å²) in [6.07, 6.45) is 0.414. The molecule has 1 rings (SSSR count). The fourth-order valence-electron chi connectivity index (χ4n) is 1.66. The number of esters is 1. The summed E-state index contributed by atoms with van der Waals surface area (Å²) in [5.41, 5.74) is 1.00. The summed E-state index contributed by atoms with van der Waals surface area (Å²) in [5.74, 6) is -2.45. The van der Waals surface area contributed by atoms with Crippen molar-refractivity contribution >= 4 is 29.2 Å². The summed E-state index contributed by atoms with van der Waals surface area (Å²) in [6.45, 7) is 3.88. The quantitative estimate of drug-likeness (QED) is 0.774. The zero-order valence-corrected chi connectivity index (χ0v) is 12.4. The number of thiophene rings is 1. The molecule has 1 aromatic heterocycles. The molecule has 1 amide bonds. The summed E-state index contributed by atoms with van der Waals surface area (Å²) in [4.78, 5) is 35.7. The third-order valence-corrected chi connectivity index (χ3v) is 4.15. The molecule has 0 radical (unpaired) electrons. The van der Waals surface area contributed by atoms with Crippen molar-refractivity contribution in [3.05, 3.63) is 21.4 Å². The van der Waals surface area contributed by atoms with Crippen LogP contribution in [0.2, 0.25) is 0 Å². The minimum atomic E-state index is -1.29. The fourth-order valence-corrected chi connectivity index (χ4v) is 2.68. The Morgan fingerprint density at radius 3 is 2.55 bits per heavy atom. The molecular weight excluding hydrogens is 282 g/mol. The summed E-state index contributed by atoms with van der Waals surface area (Å²) in [6, 6.07) is 0.429. The van der Waals surface area contributed by atoms with Gasteiger partial charge in [-0.15, -0.1) is 11.3 Å². The Kier molecular flexibility index (Phi) is 5.69. The van der Waals surface area contributed by atoms with E-state index in [0.29, 0.717) is 4.88 Å². The lowest BCUT2D eigenvalue weighted by Crippen LogP contribution is -2.42. The van der Waals surface area contributed by atoms with Crippen molar-refractivity contribution in [2.45, 2.75) is 32.7 Å². The number of rotatable bonds is 6. The van der Waals surface area contributed by atoms with Crippen molar-refractivity contribution < 1.29 is 24.2 Å². The first kappa shape index (κ1) is 16.2. The van der Waals surface area contributed by atoms with Crippen LogP contribution >= 0.6 is 11.3 Å². The Hall–Kier alpha value is -1.89. The number of hydrogen-bond acceptors (Lipinski definition) is 5. The highest BCUT2D eigenvalue weighted by molar-refractivity contribution is 7.14. The van der Waals surface area contributed by atoms with E-state index in [9.17, 15) is 14.4 Å². The highest BCUT2D eigenvalue weighted by Crippen LogP contribution is 2.22.